The van der Waals surface area contributed by atoms with Gasteiger partial charge < -0.3 is 15.6 Å². The first-order valence-electron chi connectivity index (χ1n) is 5.67. The predicted molar refractivity (Wildman–Crippen MR) is 64.8 cm³/mol. The van der Waals surface area contributed by atoms with Crippen molar-refractivity contribution in [3.63, 3.8) is 0 Å². The summed E-state index contributed by atoms with van der Waals surface area (Å²) in [5.74, 6) is 0.614. The number of rotatable bonds is 6. The molecule has 1 heterocycles. The third-order valence-corrected chi connectivity index (χ3v) is 2.97. The first kappa shape index (κ1) is 12.3. The molecule has 1 aromatic heterocycles. The molecule has 0 aromatic carbocycles. The maximum Gasteiger partial charge on any atom is 0.0238 e. The minimum absolute atomic E-state index is 0.486. The van der Waals surface area contributed by atoms with Crippen LogP contribution < -0.4 is 5.73 Å². The molecule has 0 radical (unpaired) electrons. The first-order chi connectivity index (χ1) is 7.15. The lowest BCUT2D eigenvalue weighted by Crippen LogP contribution is -2.42. The van der Waals surface area contributed by atoms with E-state index in [1.54, 1.807) is 0 Å². The van der Waals surface area contributed by atoms with Crippen LogP contribution in [0.3, 0.4) is 0 Å². The highest BCUT2D eigenvalue weighted by molar-refractivity contribution is 5.03. The fourth-order valence-electron chi connectivity index (χ4n) is 1.95. The second kappa shape index (κ2) is 5.93. The molecule has 1 rings (SSSR count). The summed E-state index contributed by atoms with van der Waals surface area (Å²) in [4.78, 5) is 5.57. The van der Waals surface area contributed by atoms with Crippen LogP contribution in [0.5, 0.6) is 0 Å². The molecule has 3 N–H and O–H groups in total. The SMILES string of the molecule is CC(C)C(CN)N(C)CCc1ccc[nH]1. The predicted octanol–water partition coefficient (Wildman–Crippen LogP) is 1.47. The third kappa shape index (κ3) is 3.68. The van der Waals surface area contributed by atoms with Crippen molar-refractivity contribution in [2.45, 2.75) is 26.3 Å². The van der Waals surface area contributed by atoms with Gasteiger partial charge in [-0.1, -0.05) is 13.8 Å². The summed E-state index contributed by atoms with van der Waals surface area (Å²) in [7, 11) is 2.15. The summed E-state index contributed by atoms with van der Waals surface area (Å²) >= 11 is 0. The summed E-state index contributed by atoms with van der Waals surface area (Å²) in [5.41, 5.74) is 7.07. The van der Waals surface area contributed by atoms with E-state index in [2.05, 4.69) is 36.8 Å². The van der Waals surface area contributed by atoms with Gasteiger partial charge >= 0.3 is 0 Å². The van der Waals surface area contributed by atoms with Gasteiger partial charge in [-0.3, -0.25) is 0 Å². The summed E-state index contributed by atoms with van der Waals surface area (Å²) in [6, 6.07) is 4.65. The number of hydrogen-bond donors (Lipinski definition) is 2. The number of nitrogens with one attached hydrogen (secondary N) is 1. The molecule has 15 heavy (non-hydrogen) atoms. The number of nitrogens with zero attached hydrogens (tertiary/aromatic N) is 1. The van der Waals surface area contributed by atoms with E-state index in [1.807, 2.05) is 12.3 Å². The Bertz CT molecular complexity index is 254. The Balaban J connectivity index is 2.37. The number of nitrogens with two attached hydrogens (primary N) is 1. The van der Waals surface area contributed by atoms with Gasteiger partial charge in [0.25, 0.3) is 0 Å². The van der Waals surface area contributed by atoms with Crippen LogP contribution >= 0.6 is 0 Å². The van der Waals surface area contributed by atoms with Crippen LogP contribution in [-0.2, 0) is 6.42 Å². The van der Waals surface area contributed by atoms with Crippen LogP contribution in [0.15, 0.2) is 18.3 Å². The van der Waals surface area contributed by atoms with Crippen LogP contribution in [0.4, 0.5) is 0 Å². The molecule has 0 aliphatic rings. The Morgan fingerprint density at radius 2 is 2.20 bits per heavy atom. The molecular formula is C12H23N3. The molecular weight excluding hydrogens is 186 g/mol. The minimum Gasteiger partial charge on any atom is -0.365 e. The fourth-order valence-corrected chi connectivity index (χ4v) is 1.95. The van der Waals surface area contributed by atoms with Crippen molar-refractivity contribution < 1.29 is 0 Å². The summed E-state index contributed by atoms with van der Waals surface area (Å²) < 4.78 is 0. The van der Waals surface area contributed by atoms with Crippen molar-refractivity contribution in [2.75, 3.05) is 20.1 Å². The molecule has 86 valence electrons. The quantitative estimate of drug-likeness (QED) is 0.745. The highest BCUT2D eigenvalue weighted by atomic mass is 15.1. The molecule has 0 spiro atoms. The van der Waals surface area contributed by atoms with Crippen molar-refractivity contribution >= 4 is 0 Å². The zero-order chi connectivity index (χ0) is 11.3. The van der Waals surface area contributed by atoms with E-state index < -0.39 is 0 Å². The Kier molecular flexibility index (Phi) is 4.85. The number of hydrogen-bond acceptors (Lipinski definition) is 2. The largest absolute Gasteiger partial charge is 0.365 e. The smallest absolute Gasteiger partial charge is 0.0238 e. The molecule has 0 amide bonds. The van der Waals surface area contributed by atoms with Gasteiger partial charge in [0.2, 0.25) is 0 Å². The molecule has 3 heteroatoms. The van der Waals surface area contributed by atoms with E-state index >= 15 is 0 Å². The Labute approximate surface area is 92.7 Å². The highest BCUT2D eigenvalue weighted by Gasteiger charge is 2.16. The van der Waals surface area contributed by atoms with E-state index in [1.165, 1.54) is 5.69 Å². The number of aromatic amines is 1. The van der Waals surface area contributed by atoms with Crippen LogP contribution in [-0.4, -0.2) is 36.1 Å². The second-order valence-electron chi connectivity index (χ2n) is 4.47. The highest BCUT2D eigenvalue weighted by Crippen LogP contribution is 2.08. The summed E-state index contributed by atoms with van der Waals surface area (Å²) in [6.45, 7) is 6.24. The van der Waals surface area contributed by atoms with Gasteiger partial charge in [0.05, 0.1) is 0 Å². The van der Waals surface area contributed by atoms with Gasteiger partial charge in [0, 0.05) is 37.4 Å². The monoisotopic (exact) mass is 209 g/mol. The molecule has 1 unspecified atom stereocenters. The number of aromatic nitrogens is 1. The summed E-state index contributed by atoms with van der Waals surface area (Å²) in [5, 5.41) is 0. The second-order valence-corrected chi connectivity index (χ2v) is 4.47. The fraction of sp³-hybridized carbons (Fsp3) is 0.667. The van der Waals surface area contributed by atoms with E-state index in [0.29, 0.717) is 12.0 Å². The molecule has 1 aromatic rings. The van der Waals surface area contributed by atoms with Gasteiger partial charge in [0.1, 0.15) is 0 Å². The molecule has 1 atom stereocenters. The molecule has 0 saturated heterocycles. The average Bonchev–Trinajstić information content (AvgIpc) is 2.67. The number of H-pyrrole nitrogens is 1. The van der Waals surface area contributed by atoms with Crippen LogP contribution in [0.1, 0.15) is 19.5 Å². The topological polar surface area (TPSA) is 45.0 Å². The molecule has 0 aliphatic carbocycles. The maximum absolute atomic E-state index is 5.77. The number of likely N-dealkylation sites (N-methyl/N-ethyl adjacent to an activating group) is 1. The van der Waals surface area contributed by atoms with Crippen LogP contribution in [0.25, 0.3) is 0 Å². The van der Waals surface area contributed by atoms with Gasteiger partial charge in [0.15, 0.2) is 0 Å². The third-order valence-electron chi connectivity index (χ3n) is 2.97. The molecule has 0 saturated carbocycles. The minimum atomic E-state index is 0.486. The van der Waals surface area contributed by atoms with Gasteiger partial charge in [-0.25, -0.2) is 0 Å². The van der Waals surface area contributed by atoms with Crippen molar-refractivity contribution in [3.05, 3.63) is 24.0 Å². The normalized spacial score (nSPS) is 13.7. The molecule has 0 bridgehead atoms. The zero-order valence-corrected chi connectivity index (χ0v) is 10.0. The Morgan fingerprint density at radius 1 is 1.47 bits per heavy atom. The lowest BCUT2D eigenvalue weighted by atomic mass is 10.0. The van der Waals surface area contributed by atoms with Gasteiger partial charge in [-0.2, -0.15) is 0 Å². The average molecular weight is 209 g/mol. The van der Waals surface area contributed by atoms with Gasteiger partial charge in [-0.15, -0.1) is 0 Å². The van der Waals surface area contributed by atoms with Crippen molar-refractivity contribution in [1.82, 2.24) is 9.88 Å². The Morgan fingerprint density at radius 3 is 2.67 bits per heavy atom. The summed E-state index contributed by atoms with van der Waals surface area (Å²) in [6.07, 6.45) is 3.03. The maximum atomic E-state index is 5.77. The Hall–Kier alpha value is -0.800. The molecule has 0 fully saturated rings. The van der Waals surface area contributed by atoms with Crippen molar-refractivity contribution in [2.24, 2.45) is 11.7 Å². The van der Waals surface area contributed by atoms with Crippen LogP contribution in [0, 0.1) is 5.92 Å². The first-order valence-corrected chi connectivity index (χ1v) is 5.67. The van der Waals surface area contributed by atoms with E-state index in [-0.39, 0.29) is 0 Å². The molecule has 3 nitrogen and oxygen atoms in total. The standard InChI is InChI=1S/C12H23N3/c1-10(2)12(9-13)15(3)8-6-11-5-4-7-14-11/h4-5,7,10,12,14H,6,8-9,13H2,1-3H3. The lowest BCUT2D eigenvalue weighted by Gasteiger charge is -2.29. The van der Waals surface area contributed by atoms with Crippen LogP contribution in [0.2, 0.25) is 0 Å². The van der Waals surface area contributed by atoms with E-state index in [9.17, 15) is 0 Å². The molecule has 0 aliphatic heterocycles. The lowest BCUT2D eigenvalue weighted by molar-refractivity contribution is 0.199. The zero-order valence-electron chi connectivity index (χ0n) is 10.0. The van der Waals surface area contributed by atoms with E-state index in [4.69, 9.17) is 5.73 Å². The van der Waals surface area contributed by atoms with Gasteiger partial charge in [-0.05, 0) is 25.1 Å². The van der Waals surface area contributed by atoms with Crippen molar-refractivity contribution in [3.8, 4) is 0 Å². The van der Waals surface area contributed by atoms with E-state index in [0.717, 1.165) is 19.5 Å². The van der Waals surface area contributed by atoms with Crippen molar-refractivity contribution in [1.29, 1.82) is 0 Å².